The molecule has 1 rings (SSSR count). The second-order valence-corrected chi connectivity index (χ2v) is 6.05. The Hall–Kier alpha value is -0.0500. The predicted molar refractivity (Wildman–Crippen MR) is 41.6 cm³/mol. The van der Waals surface area contributed by atoms with Crippen LogP contribution in [0.1, 0.15) is 20.8 Å². The molecule has 10 heavy (non-hydrogen) atoms. The van der Waals surface area contributed by atoms with Crippen molar-refractivity contribution in [2.75, 3.05) is 11.5 Å². The van der Waals surface area contributed by atoms with Crippen molar-refractivity contribution in [3.63, 3.8) is 0 Å². The molecule has 2 nitrogen and oxygen atoms in total. The monoisotopic (exact) mass is 162 g/mol. The molecular formula is C7H14O2S. The molecule has 0 aliphatic carbocycles. The number of hydrogen-bond acceptors (Lipinski definition) is 2. The molecule has 1 atom stereocenters. The van der Waals surface area contributed by atoms with Crippen LogP contribution < -0.4 is 0 Å². The summed E-state index contributed by atoms with van der Waals surface area (Å²) in [5.74, 6) is 1.05. The van der Waals surface area contributed by atoms with Gasteiger partial charge in [0.25, 0.3) is 0 Å². The third-order valence-corrected chi connectivity index (χ3v) is 4.62. The Labute approximate surface area is 62.5 Å². The number of sulfone groups is 1. The fraction of sp³-hybridized carbons (Fsp3) is 1.00. The van der Waals surface area contributed by atoms with E-state index in [9.17, 15) is 8.42 Å². The van der Waals surface area contributed by atoms with E-state index in [1.165, 1.54) is 0 Å². The highest BCUT2D eigenvalue weighted by Crippen LogP contribution is 2.35. The lowest BCUT2D eigenvalue weighted by molar-refractivity contribution is 0.313. The zero-order chi connectivity index (χ0) is 7.99. The maximum absolute atomic E-state index is 11.1. The van der Waals surface area contributed by atoms with Gasteiger partial charge in [0.15, 0.2) is 9.84 Å². The quantitative estimate of drug-likeness (QED) is 0.534. The zero-order valence-electron chi connectivity index (χ0n) is 6.72. The van der Waals surface area contributed by atoms with E-state index >= 15 is 0 Å². The molecule has 0 amide bonds. The minimum Gasteiger partial charge on any atom is -0.229 e. The average Bonchev–Trinajstić information content (AvgIpc) is 1.73. The van der Waals surface area contributed by atoms with Gasteiger partial charge in [-0.1, -0.05) is 20.8 Å². The van der Waals surface area contributed by atoms with Crippen LogP contribution in [0.3, 0.4) is 0 Å². The Kier molecular flexibility index (Phi) is 1.59. The minimum atomic E-state index is -2.70. The van der Waals surface area contributed by atoms with E-state index in [1.54, 1.807) is 0 Å². The molecule has 0 bridgehead atoms. The second-order valence-electron chi connectivity index (χ2n) is 3.94. The van der Waals surface area contributed by atoms with Gasteiger partial charge in [0.05, 0.1) is 11.5 Å². The first-order valence-electron chi connectivity index (χ1n) is 3.54. The van der Waals surface area contributed by atoms with Gasteiger partial charge in [-0.3, -0.25) is 0 Å². The summed E-state index contributed by atoms with van der Waals surface area (Å²) in [5, 5.41) is 0. The van der Waals surface area contributed by atoms with E-state index in [-0.39, 0.29) is 5.41 Å². The van der Waals surface area contributed by atoms with E-state index in [1.807, 2.05) is 20.8 Å². The first kappa shape index (κ1) is 8.05. The summed E-state index contributed by atoms with van der Waals surface area (Å²) in [6.07, 6.45) is 0. The van der Waals surface area contributed by atoms with Gasteiger partial charge in [-0.2, -0.15) is 0 Å². The van der Waals surface area contributed by atoms with Gasteiger partial charge in [0.2, 0.25) is 0 Å². The molecule has 1 heterocycles. The Bertz CT molecular complexity index is 226. The molecule has 0 aromatic carbocycles. The first-order chi connectivity index (χ1) is 4.33. The maximum atomic E-state index is 11.1. The van der Waals surface area contributed by atoms with Gasteiger partial charge < -0.3 is 0 Å². The topological polar surface area (TPSA) is 34.1 Å². The molecule has 0 radical (unpaired) electrons. The van der Waals surface area contributed by atoms with Gasteiger partial charge in [0.1, 0.15) is 0 Å². The predicted octanol–water partition coefficient (Wildman–Crippen LogP) is 1.08. The molecule has 3 heteroatoms. The van der Waals surface area contributed by atoms with Crippen molar-refractivity contribution in [3.8, 4) is 0 Å². The van der Waals surface area contributed by atoms with Crippen molar-refractivity contribution >= 4 is 9.84 Å². The molecule has 0 aromatic heterocycles. The van der Waals surface area contributed by atoms with E-state index in [2.05, 4.69) is 0 Å². The molecule has 0 aromatic rings. The summed E-state index contributed by atoms with van der Waals surface area (Å²) in [6, 6.07) is 0. The smallest absolute Gasteiger partial charge is 0.151 e. The van der Waals surface area contributed by atoms with E-state index in [0.717, 1.165) is 0 Å². The lowest BCUT2D eigenvalue weighted by Crippen LogP contribution is -2.18. The average molecular weight is 162 g/mol. The molecule has 1 aliphatic heterocycles. The number of hydrogen-bond donors (Lipinski definition) is 0. The maximum Gasteiger partial charge on any atom is 0.151 e. The van der Waals surface area contributed by atoms with Gasteiger partial charge in [-0.25, -0.2) is 8.42 Å². The molecule has 0 N–H and O–H groups in total. The van der Waals surface area contributed by atoms with Crippen molar-refractivity contribution in [1.29, 1.82) is 0 Å². The summed E-state index contributed by atoms with van der Waals surface area (Å²) in [4.78, 5) is 0. The molecule has 1 fully saturated rings. The third-order valence-electron chi connectivity index (χ3n) is 2.43. The van der Waals surface area contributed by atoms with E-state index in [0.29, 0.717) is 17.4 Å². The van der Waals surface area contributed by atoms with E-state index < -0.39 is 9.84 Å². The fourth-order valence-electron chi connectivity index (χ4n) is 1.37. The van der Waals surface area contributed by atoms with Crippen LogP contribution in [0, 0.1) is 11.3 Å². The minimum absolute atomic E-state index is 0.00116. The van der Waals surface area contributed by atoms with Gasteiger partial charge >= 0.3 is 0 Å². The molecule has 0 saturated carbocycles. The zero-order valence-corrected chi connectivity index (χ0v) is 7.53. The molecule has 1 unspecified atom stereocenters. The lowest BCUT2D eigenvalue weighted by Gasteiger charge is -2.20. The van der Waals surface area contributed by atoms with Gasteiger partial charge in [-0.15, -0.1) is 0 Å². The molecule has 1 saturated heterocycles. The molecule has 60 valence electrons. The lowest BCUT2D eigenvalue weighted by atomic mass is 9.84. The van der Waals surface area contributed by atoms with Crippen molar-refractivity contribution < 1.29 is 8.42 Å². The SMILES string of the molecule is CC1CS(=O)(=O)CC1(C)C. The summed E-state index contributed by atoms with van der Waals surface area (Å²) in [5.41, 5.74) is -0.00116. The molecule has 0 spiro atoms. The van der Waals surface area contributed by atoms with Crippen molar-refractivity contribution in [2.24, 2.45) is 11.3 Å². The van der Waals surface area contributed by atoms with Gasteiger partial charge in [0, 0.05) is 0 Å². The van der Waals surface area contributed by atoms with Crippen LogP contribution in [0.15, 0.2) is 0 Å². The number of rotatable bonds is 0. The highest BCUT2D eigenvalue weighted by Gasteiger charge is 2.40. The van der Waals surface area contributed by atoms with Crippen molar-refractivity contribution in [2.45, 2.75) is 20.8 Å². The van der Waals surface area contributed by atoms with Gasteiger partial charge in [-0.05, 0) is 11.3 Å². The first-order valence-corrected chi connectivity index (χ1v) is 5.36. The highest BCUT2D eigenvalue weighted by molar-refractivity contribution is 7.91. The van der Waals surface area contributed by atoms with Crippen molar-refractivity contribution in [3.05, 3.63) is 0 Å². The van der Waals surface area contributed by atoms with Crippen LogP contribution in [-0.2, 0) is 9.84 Å². The van der Waals surface area contributed by atoms with Crippen LogP contribution >= 0.6 is 0 Å². The van der Waals surface area contributed by atoms with Crippen molar-refractivity contribution in [1.82, 2.24) is 0 Å². The van der Waals surface area contributed by atoms with Crippen LogP contribution in [0.2, 0.25) is 0 Å². The highest BCUT2D eigenvalue weighted by atomic mass is 32.2. The van der Waals surface area contributed by atoms with Crippen LogP contribution in [0.5, 0.6) is 0 Å². The van der Waals surface area contributed by atoms with Crippen LogP contribution in [-0.4, -0.2) is 19.9 Å². The Balaban J connectivity index is 2.92. The third kappa shape index (κ3) is 1.34. The molecule has 1 aliphatic rings. The summed E-state index contributed by atoms with van der Waals surface area (Å²) >= 11 is 0. The standard InChI is InChI=1S/C7H14O2S/c1-6-4-10(8,9)5-7(6,2)3/h6H,4-5H2,1-3H3. The Morgan fingerprint density at radius 3 is 2.00 bits per heavy atom. The summed E-state index contributed by atoms with van der Waals surface area (Å²) in [6.45, 7) is 6.04. The van der Waals surface area contributed by atoms with Crippen LogP contribution in [0.4, 0.5) is 0 Å². The fourth-order valence-corrected chi connectivity index (χ4v) is 4.12. The summed E-state index contributed by atoms with van der Waals surface area (Å²) in [7, 11) is -2.70. The Morgan fingerprint density at radius 2 is 1.90 bits per heavy atom. The van der Waals surface area contributed by atoms with E-state index in [4.69, 9.17) is 0 Å². The summed E-state index contributed by atoms with van der Waals surface area (Å²) < 4.78 is 22.1. The normalized spacial score (nSPS) is 36.1. The molecular weight excluding hydrogens is 148 g/mol. The van der Waals surface area contributed by atoms with Crippen LogP contribution in [0.25, 0.3) is 0 Å². The Morgan fingerprint density at radius 1 is 1.40 bits per heavy atom. The second kappa shape index (κ2) is 1.97. The largest absolute Gasteiger partial charge is 0.229 e.